The van der Waals surface area contributed by atoms with Gasteiger partial charge in [-0.05, 0) is 35.4 Å². The monoisotopic (exact) mass is 238 g/mol. The number of hydrogen-bond donors (Lipinski definition) is 1. The van der Waals surface area contributed by atoms with Gasteiger partial charge >= 0.3 is 0 Å². The highest BCUT2D eigenvalue weighted by Gasteiger charge is 2.12. The first-order valence-corrected chi connectivity index (χ1v) is 6.85. The summed E-state index contributed by atoms with van der Waals surface area (Å²) in [7, 11) is 0. The van der Waals surface area contributed by atoms with Crippen LogP contribution in [-0.4, -0.2) is 11.5 Å². The summed E-state index contributed by atoms with van der Waals surface area (Å²) in [5.41, 5.74) is 3.30. The fourth-order valence-corrected chi connectivity index (χ4v) is 2.94. The van der Waals surface area contributed by atoms with Gasteiger partial charge in [0.15, 0.2) is 0 Å². The molecular formula is C11H14N2S2. The maximum Gasteiger partial charge on any atom is 0.0794 e. The summed E-state index contributed by atoms with van der Waals surface area (Å²) < 4.78 is 0. The number of nitrogens with one attached hydrogen (secondary N) is 1. The molecule has 0 aliphatic carbocycles. The smallest absolute Gasteiger partial charge is 0.0794 e. The van der Waals surface area contributed by atoms with E-state index < -0.39 is 0 Å². The van der Waals surface area contributed by atoms with Crippen molar-refractivity contribution in [3.8, 4) is 0 Å². The van der Waals surface area contributed by atoms with Crippen molar-refractivity contribution in [1.82, 2.24) is 10.3 Å². The van der Waals surface area contributed by atoms with Gasteiger partial charge in [-0.2, -0.15) is 11.3 Å². The molecule has 0 saturated heterocycles. The van der Waals surface area contributed by atoms with Gasteiger partial charge in [0.05, 0.1) is 5.51 Å². The normalized spacial score (nSPS) is 12.9. The zero-order valence-electron chi connectivity index (χ0n) is 8.64. The topological polar surface area (TPSA) is 24.9 Å². The predicted octanol–water partition coefficient (Wildman–Crippen LogP) is 3.10. The third-order valence-corrected chi connectivity index (χ3v) is 3.89. The number of nitrogens with zero attached hydrogens (tertiary/aromatic N) is 1. The second kappa shape index (κ2) is 5.39. The lowest BCUT2D eigenvalue weighted by Crippen LogP contribution is -2.21. The van der Waals surface area contributed by atoms with Crippen LogP contribution in [0, 0.1) is 0 Å². The minimum Gasteiger partial charge on any atom is -0.309 e. The van der Waals surface area contributed by atoms with Crippen LogP contribution in [0.25, 0.3) is 0 Å². The van der Waals surface area contributed by atoms with E-state index >= 15 is 0 Å². The lowest BCUT2D eigenvalue weighted by Gasteiger charge is -2.14. The Morgan fingerprint density at radius 1 is 1.53 bits per heavy atom. The zero-order valence-corrected chi connectivity index (χ0v) is 10.3. The zero-order chi connectivity index (χ0) is 10.5. The number of thiophene rings is 1. The lowest BCUT2D eigenvalue weighted by atomic mass is 10.1. The Morgan fingerprint density at radius 3 is 3.07 bits per heavy atom. The standard InChI is InChI=1S/C11H14N2S2/c1-2-13-10(11-6-12-8-15-11)5-9-3-4-14-7-9/h3-4,6-8,10,13H,2,5H2,1H3. The summed E-state index contributed by atoms with van der Waals surface area (Å²) in [6.07, 6.45) is 3.02. The van der Waals surface area contributed by atoms with Crippen LogP contribution < -0.4 is 5.32 Å². The van der Waals surface area contributed by atoms with Crippen LogP contribution in [0.1, 0.15) is 23.4 Å². The van der Waals surface area contributed by atoms with Crippen molar-refractivity contribution in [3.63, 3.8) is 0 Å². The molecule has 1 N–H and O–H groups in total. The van der Waals surface area contributed by atoms with Crippen molar-refractivity contribution >= 4 is 22.7 Å². The van der Waals surface area contributed by atoms with Gasteiger partial charge in [0.25, 0.3) is 0 Å². The fourth-order valence-electron chi connectivity index (χ4n) is 1.56. The summed E-state index contributed by atoms with van der Waals surface area (Å²) in [4.78, 5) is 5.46. The van der Waals surface area contributed by atoms with Gasteiger partial charge < -0.3 is 5.32 Å². The first kappa shape index (κ1) is 10.8. The van der Waals surface area contributed by atoms with Crippen LogP contribution in [-0.2, 0) is 6.42 Å². The van der Waals surface area contributed by atoms with Crippen molar-refractivity contribution in [2.75, 3.05) is 6.54 Å². The van der Waals surface area contributed by atoms with Crippen LogP contribution in [0.3, 0.4) is 0 Å². The van der Waals surface area contributed by atoms with E-state index in [1.807, 2.05) is 11.7 Å². The Kier molecular flexibility index (Phi) is 3.88. The summed E-state index contributed by atoms with van der Waals surface area (Å²) in [6.45, 7) is 3.13. The van der Waals surface area contributed by atoms with Gasteiger partial charge in [-0.15, -0.1) is 11.3 Å². The maximum atomic E-state index is 4.14. The molecule has 1 atom stereocenters. The van der Waals surface area contributed by atoms with Crippen molar-refractivity contribution in [2.24, 2.45) is 0 Å². The van der Waals surface area contributed by atoms with E-state index in [0.717, 1.165) is 13.0 Å². The van der Waals surface area contributed by atoms with E-state index in [0.29, 0.717) is 6.04 Å². The molecule has 0 aromatic carbocycles. The van der Waals surface area contributed by atoms with Gasteiger partial charge in [-0.1, -0.05) is 6.92 Å². The van der Waals surface area contributed by atoms with Crippen molar-refractivity contribution in [1.29, 1.82) is 0 Å². The van der Waals surface area contributed by atoms with E-state index in [1.165, 1.54) is 10.4 Å². The maximum absolute atomic E-state index is 4.14. The molecule has 2 rings (SSSR count). The number of thiazole rings is 1. The van der Waals surface area contributed by atoms with Crippen LogP contribution in [0.4, 0.5) is 0 Å². The molecule has 0 amide bonds. The van der Waals surface area contributed by atoms with Gasteiger partial charge in [0.2, 0.25) is 0 Å². The van der Waals surface area contributed by atoms with Crippen LogP contribution in [0.5, 0.6) is 0 Å². The Labute approximate surface area is 98.0 Å². The van der Waals surface area contributed by atoms with Gasteiger partial charge in [-0.25, -0.2) is 0 Å². The van der Waals surface area contributed by atoms with Crippen LogP contribution in [0.15, 0.2) is 28.5 Å². The second-order valence-corrected chi connectivity index (χ2v) is 5.05. The average molecular weight is 238 g/mol. The van der Waals surface area contributed by atoms with Crippen molar-refractivity contribution < 1.29 is 0 Å². The van der Waals surface area contributed by atoms with Gasteiger partial charge in [0.1, 0.15) is 0 Å². The minimum atomic E-state index is 0.414. The van der Waals surface area contributed by atoms with Gasteiger partial charge in [-0.3, -0.25) is 4.98 Å². The van der Waals surface area contributed by atoms with Crippen LogP contribution >= 0.6 is 22.7 Å². The number of aromatic nitrogens is 1. The summed E-state index contributed by atoms with van der Waals surface area (Å²) in [6, 6.07) is 2.60. The molecule has 2 heterocycles. The molecule has 0 aliphatic rings. The highest BCUT2D eigenvalue weighted by Crippen LogP contribution is 2.22. The molecule has 0 aliphatic heterocycles. The molecule has 1 unspecified atom stereocenters. The molecule has 0 bridgehead atoms. The third kappa shape index (κ3) is 2.87. The molecule has 0 radical (unpaired) electrons. The predicted molar refractivity (Wildman–Crippen MR) is 66.6 cm³/mol. The Bertz CT molecular complexity index is 367. The van der Waals surface area contributed by atoms with Crippen molar-refractivity contribution in [2.45, 2.75) is 19.4 Å². The summed E-state index contributed by atoms with van der Waals surface area (Å²) in [5, 5.41) is 7.84. The molecule has 2 aromatic heterocycles. The number of rotatable bonds is 5. The molecule has 0 spiro atoms. The lowest BCUT2D eigenvalue weighted by molar-refractivity contribution is 0.558. The van der Waals surface area contributed by atoms with Crippen molar-refractivity contribution in [3.05, 3.63) is 39.0 Å². The first-order valence-electron chi connectivity index (χ1n) is 5.03. The first-order chi connectivity index (χ1) is 7.40. The van der Waals surface area contributed by atoms with Gasteiger partial charge in [0, 0.05) is 17.1 Å². The second-order valence-electron chi connectivity index (χ2n) is 3.35. The molecule has 4 heteroatoms. The highest BCUT2D eigenvalue weighted by atomic mass is 32.1. The average Bonchev–Trinajstić information content (AvgIpc) is 2.89. The van der Waals surface area contributed by atoms with Crippen LogP contribution in [0.2, 0.25) is 0 Å². The minimum absolute atomic E-state index is 0.414. The highest BCUT2D eigenvalue weighted by molar-refractivity contribution is 7.09. The molecule has 80 valence electrons. The quantitative estimate of drug-likeness (QED) is 0.866. The molecule has 0 fully saturated rings. The molecular weight excluding hydrogens is 224 g/mol. The third-order valence-electron chi connectivity index (χ3n) is 2.27. The fraction of sp³-hybridized carbons (Fsp3) is 0.364. The summed E-state index contributed by atoms with van der Waals surface area (Å²) in [5.74, 6) is 0. The molecule has 15 heavy (non-hydrogen) atoms. The number of likely N-dealkylation sites (N-methyl/N-ethyl adjacent to an activating group) is 1. The Balaban J connectivity index is 2.07. The molecule has 2 aromatic rings. The SMILES string of the molecule is CCNC(Cc1ccsc1)c1cncs1. The number of hydrogen-bond acceptors (Lipinski definition) is 4. The van der Waals surface area contributed by atoms with E-state index in [4.69, 9.17) is 0 Å². The van der Waals surface area contributed by atoms with E-state index in [-0.39, 0.29) is 0 Å². The van der Waals surface area contributed by atoms with E-state index in [2.05, 4.69) is 34.1 Å². The Hall–Kier alpha value is -0.710. The molecule has 2 nitrogen and oxygen atoms in total. The largest absolute Gasteiger partial charge is 0.309 e. The van der Waals surface area contributed by atoms with E-state index in [1.54, 1.807) is 22.7 Å². The summed E-state index contributed by atoms with van der Waals surface area (Å²) >= 11 is 3.48. The molecule has 0 saturated carbocycles. The van der Waals surface area contributed by atoms with E-state index in [9.17, 15) is 0 Å². The Morgan fingerprint density at radius 2 is 2.47 bits per heavy atom.